The van der Waals surface area contributed by atoms with Crippen LogP contribution in [-0.2, 0) is 22.5 Å². The molecule has 158 valence electrons. The fraction of sp³-hybridized carbons (Fsp3) is 0.318. The van der Waals surface area contributed by atoms with Crippen molar-refractivity contribution in [3.05, 3.63) is 64.6 Å². The van der Waals surface area contributed by atoms with Gasteiger partial charge < -0.3 is 14.6 Å². The van der Waals surface area contributed by atoms with Gasteiger partial charge in [0, 0.05) is 36.8 Å². The van der Waals surface area contributed by atoms with E-state index in [0.29, 0.717) is 18.9 Å². The van der Waals surface area contributed by atoms with E-state index in [0.717, 1.165) is 40.4 Å². The molecule has 0 unspecified atom stereocenters. The van der Waals surface area contributed by atoms with E-state index < -0.39 is 0 Å². The van der Waals surface area contributed by atoms with Crippen molar-refractivity contribution < 1.29 is 9.53 Å². The molecule has 0 aliphatic heterocycles. The number of rotatable bonds is 11. The molecule has 0 saturated heterocycles. The Bertz CT molecular complexity index is 932. The molecule has 1 N–H and O–H groups in total. The summed E-state index contributed by atoms with van der Waals surface area (Å²) in [6, 6.07) is 18.4. The summed E-state index contributed by atoms with van der Waals surface area (Å²) in [5.41, 5.74) is 2.24. The van der Waals surface area contributed by atoms with Crippen LogP contribution in [0.5, 0.6) is 0 Å². The van der Waals surface area contributed by atoms with E-state index >= 15 is 0 Å². The molecule has 3 aromatic rings. The summed E-state index contributed by atoms with van der Waals surface area (Å²) < 4.78 is 8.11. The second-order valence-electron chi connectivity index (χ2n) is 6.69. The maximum Gasteiger partial charge on any atom is 0.230 e. The van der Waals surface area contributed by atoms with E-state index in [-0.39, 0.29) is 5.91 Å². The Balaban J connectivity index is 1.71. The van der Waals surface area contributed by atoms with Crippen LogP contribution in [0.25, 0.3) is 11.4 Å². The fourth-order valence-electron chi connectivity index (χ4n) is 2.92. The minimum absolute atomic E-state index is 0.0149. The number of carbonyl (C=O) groups is 1. The van der Waals surface area contributed by atoms with E-state index in [9.17, 15) is 4.79 Å². The Morgan fingerprint density at radius 1 is 1.13 bits per heavy atom. The van der Waals surface area contributed by atoms with Crippen LogP contribution in [-0.4, -0.2) is 46.7 Å². The molecular weight excluding hydrogens is 464 g/mol. The molecule has 0 atom stereocenters. The number of nitrogens with one attached hydrogen (secondary N) is 1. The van der Waals surface area contributed by atoms with Crippen LogP contribution in [0, 0.1) is 0 Å². The van der Waals surface area contributed by atoms with Crippen LogP contribution in [0.4, 0.5) is 0 Å². The first-order valence-corrected chi connectivity index (χ1v) is 11.6. The highest BCUT2D eigenvalue weighted by Crippen LogP contribution is 2.25. The number of hydrogen-bond donors (Lipinski definition) is 1. The number of benzene rings is 2. The van der Waals surface area contributed by atoms with E-state index in [4.69, 9.17) is 4.74 Å². The summed E-state index contributed by atoms with van der Waals surface area (Å²) in [6.45, 7) is 1.98. The van der Waals surface area contributed by atoms with Crippen LogP contribution >= 0.6 is 27.7 Å². The second-order valence-corrected chi connectivity index (χ2v) is 8.54. The quantitative estimate of drug-likeness (QED) is 0.323. The summed E-state index contributed by atoms with van der Waals surface area (Å²) in [6.07, 6.45) is 1.66. The van der Waals surface area contributed by atoms with Crippen LogP contribution < -0.4 is 5.32 Å². The number of methoxy groups -OCH3 is 1. The van der Waals surface area contributed by atoms with Gasteiger partial charge >= 0.3 is 0 Å². The predicted molar refractivity (Wildman–Crippen MR) is 124 cm³/mol. The summed E-state index contributed by atoms with van der Waals surface area (Å²) in [5, 5.41) is 12.4. The molecule has 1 heterocycles. The predicted octanol–water partition coefficient (Wildman–Crippen LogP) is 4.20. The second kappa shape index (κ2) is 11.9. The molecule has 0 spiro atoms. The van der Waals surface area contributed by atoms with Gasteiger partial charge in [-0.15, -0.1) is 10.2 Å². The Morgan fingerprint density at radius 2 is 1.90 bits per heavy atom. The average Bonchev–Trinajstić information content (AvgIpc) is 3.18. The monoisotopic (exact) mass is 488 g/mol. The lowest BCUT2D eigenvalue weighted by Crippen LogP contribution is -2.27. The van der Waals surface area contributed by atoms with E-state index in [1.165, 1.54) is 17.3 Å². The normalized spacial score (nSPS) is 10.9. The summed E-state index contributed by atoms with van der Waals surface area (Å²) in [4.78, 5) is 12.1. The smallest absolute Gasteiger partial charge is 0.230 e. The number of hydrogen-bond acceptors (Lipinski definition) is 5. The SMILES string of the molecule is COCCCNC(=O)CSc1nnc(-c2ccc(Br)cc2)n1CCc1ccccc1. The highest BCUT2D eigenvalue weighted by molar-refractivity contribution is 9.10. The molecule has 0 aliphatic carbocycles. The molecule has 6 nitrogen and oxygen atoms in total. The number of thioether (sulfide) groups is 1. The third-order valence-electron chi connectivity index (χ3n) is 4.47. The third-order valence-corrected chi connectivity index (χ3v) is 5.96. The minimum atomic E-state index is -0.0149. The molecule has 0 saturated carbocycles. The molecular formula is C22H25BrN4O2S. The van der Waals surface area contributed by atoms with Crippen LogP contribution in [0.15, 0.2) is 64.2 Å². The number of nitrogens with zero attached hydrogens (tertiary/aromatic N) is 3. The molecule has 1 aromatic heterocycles. The number of carbonyl (C=O) groups excluding carboxylic acids is 1. The maximum absolute atomic E-state index is 12.1. The largest absolute Gasteiger partial charge is 0.385 e. The zero-order valence-corrected chi connectivity index (χ0v) is 19.3. The molecule has 0 aliphatic rings. The van der Waals surface area contributed by atoms with Crippen molar-refractivity contribution >= 4 is 33.6 Å². The van der Waals surface area contributed by atoms with Crippen molar-refractivity contribution in [3.63, 3.8) is 0 Å². The first-order valence-electron chi connectivity index (χ1n) is 9.79. The lowest BCUT2D eigenvalue weighted by Gasteiger charge is -2.11. The summed E-state index contributed by atoms with van der Waals surface area (Å²) in [5.74, 6) is 1.09. The van der Waals surface area contributed by atoms with E-state index in [1.54, 1.807) is 7.11 Å². The Labute approximate surface area is 189 Å². The van der Waals surface area contributed by atoms with Gasteiger partial charge in [-0.1, -0.05) is 70.2 Å². The highest BCUT2D eigenvalue weighted by atomic mass is 79.9. The van der Waals surface area contributed by atoms with Crippen LogP contribution in [0.1, 0.15) is 12.0 Å². The standard InChI is InChI=1S/C22H25BrN4O2S/c1-29-15-5-13-24-20(28)16-30-22-26-25-21(18-8-10-19(23)11-9-18)27(22)14-12-17-6-3-2-4-7-17/h2-4,6-11H,5,12-16H2,1H3,(H,24,28). The maximum atomic E-state index is 12.1. The number of halogens is 1. The van der Waals surface area contributed by atoms with Crippen LogP contribution in [0.2, 0.25) is 0 Å². The number of aryl methyl sites for hydroxylation is 1. The Morgan fingerprint density at radius 3 is 2.63 bits per heavy atom. The molecule has 8 heteroatoms. The zero-order valence-electron chi connectivity index (χ0n) is 16.9. The number of amides is 1. The van der Waals surface area contributed by atoms with E-state index in [2.05, 4.69) is 48.1 Å². The molecule has 0 radical (unpaired) electrons. The van der Waals surface area contributed by atoms with Gasteiger partial charge in [0.1, 0.15) is 0 Å². The lowest BCUT2D eigenvalue weighted by atomic mass is 10.1. The Kier molecular flexibility index (Phi) is 8.92. The molecule has 3 rings (SSSR count). The van der Waals surface area contributed by atoms with Crippen molar-refractivity contribution in [1.82, 2.24) is 20.1 Å². The van der Waals surface area contributed by atoms with Crippen molar-refractivity contribution in [2.75, 3.05) is 26.0 Å². The van der Waals surface area contributed by atoms with Crippen molar-refractivity contribution in [3.8, 4) is 11.4 Å². The van der Waals surface area contributed by atoms with Crippen molar-refractivity contribution in [1.29, 1.82) is 0 Å². The lowest BCUT2D eigenvalue weighted by molar-refractivity contribution is -0.118. The van der Waals surface area contributed by atoms with Crippen molar-refractivity contribution in [2.45, 2.75) is 24.5 Å². The molecule has 0 fully saturated rings. The molecule has 0 bridgehead atoms. The Hall–Kier alpha value is -2.16. The number of ether oxygens (including phenoxy) is 1. The molecule has 30 heavy (non-hydrogen) atoms. The highest BCUT2D eigenvalue weighted by Gasteiger charge is 2.16. The molecule has 2 aromatic carbocycles. The topological polar surface area (TPSA) is 69.0 Å². The minimum Gasteiger partial charge on any atom is -0.385 e. The van der Waals surface area contributed by atoms with Gasteiger partial charge in [-0.3, -0.25) is 4.79 Å². The molecule has 1 amide bonds. The van der Waals surface area contributed by atoms with Gasteiger partial charge in [-0.05, 0) is 30.5 Å². The van der Waals surface area contributed by atoms with Gasteiger partial charge in [0.05, 0.1) is 5.75 Å². The third kappa shape index (κ3) is 6.68. The number of aromatic nitrogens is 3. The van der Waals surface area contributed by atoms with E-state index in [1.807, 2.05) is 42.5 Å². The fourth-order valence-corrected chi connectivity index (χ4v) is 3.98. The van der Waals surface area contributed by atoms with Crippen molar-refractivity contribution in [2.24, 2.45) is 0 Å². The van der Waals surface area contributed by atoms with Gasteiger partial charge in [-0.2, -0.15) is 0 Å². The van der Waals surface area contributed by atoms with Gasteiger partial charge in [0.2, 0.25) is 5.91 Å². The first kappa shape index (κ1) is 22.5. The van der Waals surface area contributed by atoms with Crippen LogP contribution in [0.3, 0.4) is 0 Å². The van der Waals surface area contributed by atoms with Gasteiger partial charge in [0.25, 0.3) is 0 Å². The summed E-state index contributed by atoms with van der Waals surface area (Å²) >= 11 is 4.88. The van der Waals surface area contributed by atoms with Gasteiger partial charge in [-0.25, -0.2) is 0 Å². The summed E-state index contributed by atoms with van der Waals surface area (Å²) in [7, 11) is 1.66. The average molecular weight is 489 g/mol. The zero-order chi connectivity index (χ0) is 21.2. The first-order chi connectivity index (χ1) is 14.7. The van der Waals surface area contributed by atoms with Gasteiger partial charge in [0.15, 0.2) is 11.0 Å².